The van der Waals surface area contributed by atoms with Crippen molar-refractivity contribution < 1.29 is 0 Å². The maximum Gasteiger partial charge on any atom is 0.164 e. The third-order valence-electron chi connectivity index (χ3n) is 1.07. The number of alkyl halides is 3. The minimum absolute atomic E-state index is 0.486. The van der Waals surface area contributed by atoms with Crippen LogP contribution in [0.5, 0.6) is 0 Å². The maximum atomic E-state index is 5.67. The quantitative estimate of drug-likeness (QED) is 0.456. The summed E-state index contributed by atoms with van der Waals surface area (Å²) in [6, 6.07) is 5.09. The van der Waals surface area contributed by atoms with Crippen molar-refractivity contribution in [2.75, 3.05) is 0 Å². The molecule has 4 heteroatoms. The monoisotopic (exact) mass is 215 g/mol. The Bertz CT molecular complexity index is 220. The van der Waals surface area contributed by atoms with Gasteiger partial charge in [0.15, 0.2) is 3.79 Å². The Balaban J connectivity index is 3.05. The third-order valence-corrected chi connectivity index (χ3v) is 2.01. The highest BCUT2D eigenvalue weighted by Crippen LogP contribution is 2.41. The molecule has 0 N–H and O–H groups in total. The summed E-state index contributed by atoms with van der Waals surface area (Å²) in [4.78, 5) is 0. The summed E-state index contributed by atoms with van der Waals surface area (Å²) >= 11 is 22.3. The second-order valence-corrected chi connectivity index (χ2v) is 4.47. The molecule has 0 bridgehead atoms. The van der Waals surface area contributed by atoms with Gasteiger partial charge in [-0.05, 0) is 0 Å². The van der Waals surface area contributed by atoms with Gasteiger partial charge >= 0.3 is 0 Å². The van der Waals surface area contributed by atoms with Gasteiger partial charge in [0.2, 0.25) is 0 Å². The number of hydrogen-bond donors (Lipinski definition) is 0. The van der Waals surface area contributed by atoms with E-state index in [0.717, 1.165) is 0 Å². The van der Waals surface area contributed by atoms with Gasteiger partial charge in [-0.15, -0.1) is 17.2 Å². The van der Waals surface area contributed by atoms with Crippen LogP contribution in [-0.4, -0.2) is 0 Å². The second kappa shape index (κ2) is 2.86. The van der Waals surface area contributed by atoms with Gasteiger partial charge in [-0.2, -0.15) is 12.1 Å². The van der Waals surface area contributed by atoms with Crippen LogP contribution in [0.3, 0.4) is 0 Å². The van der Waals surface area contributed by atoms with Gasteiger partial charge < -0.3 is 0 Å². The molecule has 0 unspecified atom stereocenters. The lowest BCUT2D eigenvalue weighted by Gasteiger charge is -2.16. The fourth-order valence-corrected chi connectivity index (χ4v) is 1.55. The van der Waals surface area contributed by atoms with Crippen LogP contribution in [0.25, 0.3) is 0 Å². The standard InChI is InChI=1S/C6H3Cl4/c7-5-3-1-2-4(5)6(8,9)10/h1-3H/q-1. The summed E-state index contributed by atoms with van der Waals surface area (Å²) in [6.45, 7) is 0. The van der Waals surface area contributed by atoms with Crippen molar-refractivity contribution in [3.05, 3.63) is 28.8 Å². The van der Waals surface area contributed by atoms with E-state index in [1.807, 2.05) is 0 Å². The van der Waals surface area contributed by atoms with Crippen molar-refractivity contribution in [2.24, 2.45) is 0 Å². The molecule has 56 valence electrons. The molecule has 0 amide bonds. The van der Waals surface area contributed by atoms with Crippen LogP contribution in [0.15, 0.2) is 18.2 Å². The van der Waals surface area contributed by atoms with E-state index >= 15 is 0 Å². The largest absolute Gasteiger partial charge is 0.205 e. The van der Waals surface area contributed by atoms with Crippen molar-refractivity contribution in [3.8, 4) is 0 Å². The van der Waals surface area contributed by atoms with Crippen LogP contribution in [0.4, 0.5) is 0 Å². The first-order valence-corrected chi connectivity index (χ1v) is 4.01. The predicted molar refractivity (Wildman–Crippen MR) is 46.3 cm³/mol. The Labute approximate surface area is 79.0 Å². The number of hydrogen-bond acceptors (Lipinski definition) is 0. The average molecular weight is 217 g/mol. The maximum absolute atomic E-state index is 5.67. The topological polar surface area (TPSA) is 0 Å². The minimum atomic E-state index is -1.40. The average Bonchev–Trinajstić information content (AvgIpc) is 2.11. The fourth-order valence-electron chi connectivity index (χ4n) is 0.628. The summed E-state index contributed by atoms with van der Waals surface area (Å²) in [5.74, 6) is 0. The van der Waals surface area contributed by atoms with Gasteiger partial charge in [0.1, 0.15) is 0 Å². The molecule has 0 spiro atoms. The van der Waals surface area contributed by atoms with E-state index in [2.05, 4.69) is 0 Å². The molecular formula is C6H3Cl4-. The molecule has 0 atom stereocenters. The lowest BCUT2D eigenvalue weighted by molar-refractivity contribution is 1.27. The van der Waals surface area contributed by atoms with E-state index in [4.69, 9.17) is 46.4 Å². The van der Waals surface area contributed by atoms with Crippen molar-refractivity contribution >= 4 is 46.4 Å². The molecule has 0 radical (unpaired) electrons. The Morgan fingerprint density at radius 1 is 1.30 bits per heavy atom. The lowest BCUT2D eigenvalue weighted by atomic mass is 10.4. The highest BCUT2D eigenvalue weighted by Gasteiger charge is 2.17. The molecule has 0 heterocycles. The van der Waals surface area contributed by atoms with Crippen molar-refractivity contribution in [1.29, 1.82) is 0 Å². The van der Waals surface area contributed by atoms with E-state index in [9.17, 15) is 0 Å². The summed E-state index contributed by atoms with van der Waals surface area (Å²) in [5.41, 5.74) is 0.527. The van der Waals surface area contributed by atoms with Gasteiger partial charge in [0.25, 0.3) is 0 Å². The zero-order valence-corrected chi connectivity index (χ0v) is 7.77. The van der Waals surface area contributed by atoms with E-state index < -0.39 is 3.79 Å². The zero-order valence-electron chi connectivity index (χ0n) is 4.74. The number of rotatable bonds is 0. The molecule has 0 aliphatic heterocycles. The molecule has 1 rings (SSSR count). The summed E-state index contributed by atoms with van der Waals surface area (Å²) in [7, 11) is 0. The first-order valence-electron chi connectivity index (χ1n) is 2.50. The molecule has 0 saturated carbocycles. The molecular weight excluding hydrogens is 214 g/mol. The summed E-state index contributed by atoms with van der Waals surface area (Å²) in [6.07, 6.45) is 0. The Hall–Kier alpha value is 0.510. The SMILES string of the molecule is Clc1[cH-]ccc1C(Cl)(Cl)Cl. The van der Waals surface area contributed by atoms with Crippen LogP contribution in [0.2, 0.25) is 5.02 Å². The van der Waals surface area contributed by atoms with Gasteiger partial charge in [0, 0.05) is 0 Å². The second-order valence-electron chi connectivity index (χ2n) is 1.79. The van der Waals surface area contributed by atoms with Crippen LogP contribution >= 0.6 is 46.4 Å². The molecule has 0 fully saturated rings. The minimum Gasteiger partial charge on any atom is -0.205 e. The summed E-state index contributed by atoms with van der Waals surface area (Å²) < 4.78 is -1.40. The molecule has 10 heavy (non-hydrogen) atoms. The molecule has 0 aliphatic rings. The highest BCUT2D eigenvalue weighted by atomic mass is 35.6. The molecule has 0 saturated heterocycles. The first-order chi connectivity index (χ1) is 4.52. The van der Waals surface area contributed by atoms with Crippen LogP contribution in [0, 0.1) is 0 Å². The zero-order chi connectivity index (χ0) is 7.78. The van der Waals surface area contributed by atoms with Crippen LogP contribution in [-0.2, 0) is 3.79 Å². The molecule has 1 aromatic carbocycles. The van der Waals surface area contributed by atoms with E-state index in [-0.39, 0.29) is 0 Å². The van der Waals surface area contributed by atoms with E-state index in [1.54, 1.807) is 18.2 Å². The van der Waals surface area contributed by atoms with Crippen molar-refractivity contribution in [1.82, 2.24) is 0 Å². The van der Waals surface area contributed by atoms with Crippen molar-refractivity contribution in [3.63, 3.8) is 0 Å². The van der Waals surface area contributed by atoms with Gasteiger partial charge in [0.05, 0.1) is 0 Å². The Morgan fingerprint density at radius 2 is 1.90 bits per heavy atom. The fraction of sp³-hybridized carbons (Fsp3) is 0.167. The van der Waals surface area contributed by atoms with Crippen molar-refractivity contribution in [2.45, 2.75) is 3.79 Å². The number of halogens is 4. The Kier molecular flexibility index (Phi) is 2.46. The molecule has 0 aliphatic carbocycles. The van der Waals surface area contributed by atoms with Gasteiger partial charge in [-0.1, -0.05) is 39.8 Å². The van der Waals surface area contributed by atoms with E-state index in [1.165, 1.54) is 0 Å². The van der Waals surface area contributed by atoms with Crippen LogP contribution < -0.4 is 0 Å². The first kappa shape index (κ1) is 8.61. The lowest BCUT2D eigenvalue weighted by Crippen LogP contribution is -1.97. The van der Waals surface area contributed by atoms with Gasteiger partial charge in [-0.25, -0.2) is 6.07 Å². The molecule has 0 nitrogen and oxygen atoms in total. The molecule has 1 aromatic rings. The normalized spacial score (nSPS) is 12.0. The Morgan fingerprint density at radius 3 is 2.10 bits per heavy atom. The smallest absolute Gasteiger partial charge is 0.164 e. The predicted octanol–water partition coefficient (Wildman–Crippen LogP) is 3.89. The third kappa shape index (κ3) is 1.76. The van der Waals surface area contributed by atoms with Gasteiger partial charge in [-0.3, -0.25) is 0 Å². The van der Waals surface area contributed by atoms with E-state index in [0.29, 0.717) is 10.6 Å². The van der Waals surface area contributed by atoms with Crippen LogP contribution in [0.1, 0.15) is 5.56 Å². The summed E-state index contributed by atoms with van der Waals surface area (Å²) in [5, 5.41) is 0.486. The highest BCUT2D eigenvalue weighted by molar-refractivity contribution is 6.67. The molecule has 0 aromatic heterocycles.